The molecular weight excluding hydrogens is 352 g/mol. The minimum Gasteiger partial charge on any atom is -0.493 e. The van der Waals surface area contributed by atoms with E-state index in [1.54, 1.807) is 19.2 Å². The van der Waals surface area contributed by atoms with E-state index < -0.39 is 0 Å². The molecule has 2 aromatic carbocycles. The highest BCUT2D eigenvalue weighted by atomic mass is 35.5. The van der Waals surface area contributed by atoms with Crippen molar-refractivity contribution in [1.29, 1.82) is 0 Å². The van der Waals surface area contributed by atoms with E-state index in [-0.39, 0.29) is 11.9 Å². The van der Waals surface area contributed by atoms with E-state index in [1.807, 2.05) is 51.2 Å². The van der Waals surface area contributed by atoms with Gasteiger partial charge in [0.15, 0.2) is 17.5 Å². The summed E-state index contributed by atoms with van der Waals surface area (Å²) in [5.74, 6) is 1.37. The second-order valence-corrected chi connectivity index (χ2v) is 6.60. The number of halogens is 1. The largest absolute Gasteiger partial charge is 0.493 e. The van der Waals surface area contributed by atoms with Crippen LogP contribution in [-0.4, -0.2) is 32.7 Å². The fraction of sp³-hybridized carbons (Fsp3) is 0.350. The second kappa shape index (κ2) is 9.46. The number of carbonyl (C=O) groups excluding carboxylic acids is 1. The topological polar surface area (TPSA) is 52.0 Å². The maximum absolute atomic E-state index is 12.5. The highest BCUT2D eigenvalue weighted by Gasteiger charge is 2.22. The standard InChI is InChI=1S/C20H25ClN2O3/c1-5-26-18-10-9-15(11-19(18)25-4)13-23(3)14(2)20(24)22-17-8-6-7-16(21)12-17/h6-12,14H,5,13H2,1-4H3,(H,22,24)/p+1/t14-/m1/s1. The van der Waals surface area contributed by atoms with Crippen molar-refractivity contribution in [3.05, 3.63) is 53.1 Å². The van der Waals surface area contributed by atoms with Gasteiger partial charge in [-0.3, -0.25) is 4.79 Å². The summed E-state index contributed by atoms with van der Waals surface area (Å²) in [7, 11) is 3.62. The Hall–Kier alpha value is -2.24. The van der Waals surface area contributed by atoms with Gasteiger partial charge < -0.3 is 19.7 Å². The maximum Gasteiger partial charge on any atom is 0.282 e. The molecule has 0 saturated carbocycles. The Morgan fingerprint density at radius 2 is 2.00 bits per heavy atom. The first-order chi connectivity index (χ1) is 12.4. The number of anilines is 1. The summed E-state index contributed by atoms with van der Waals surface area (Å²) in [4.78, 5) is 13.6. The molecule has 0 heterocycles. The molecule has 140 valence electrons. The zero-order valence-electron chi connectivity index (χ0n) is 15.6. The van der Waals surface area contributed by atoms with Gasteiger partial charge in [-0.25, -0.2) is 0 Å². The molecule has 2 rings (SSSR count). The van der Waals surface area contributed by atoms with Crippen LogP contribution in [0.15, 0.2) is 42.5 Å². The smallest absolute Gasteiger partial charge is 0.282 e. The van der Waals surface area contributed by atoms with E-state index in [0.29, 0.717) is 29.6 Å². The van der Waals surface area contributed by atoms with Gasteiger partial charge in [0, 0.05) is 16.3 Å². The molecule has 0 aliphatic heterocycles. The lowest BCUT2D eigenvalue weighted by molar-refractivity contribution is -0.907. The van der Waals surface area contributed by atoms with E-state index in [4.69, 9.17) is 21.1 Å². The molecule has 0 fully saturated rings. The normalized spacial score (nSPS) is 13.0. The van der Waals surface area contributed by atoms with Gasteiger partial charge in [-0.15, -0.1) is 0 Å². The molecule has 0 radical (unpaired) electrons. The molecule has 1 amide bonds. The Bertz CT molecular complexity index is 752. The molecule has 1 unspecified atom stereocenters. The van der Waals surface area contributed by atoms with Gasteiger partial charge in [-0.1, -0.05) is 17.7 Å². The second-order valence-electron chi connectivity index (χ2n) is 6.16. The maximum atomic E-state index is 12.5. The number of carbonyl (C=O) groups is 1. The summed E-state index contributed by atoms with van der Waals surface area (Å²) in [6.45, 7) is 5.11. The Morgan fingerprint density at radius 3 is 2.65 bits per heavy atom. The molecular formula is C20H26ClN2O3+. The van der Waals surface area contributed by atoms with Crippen LogP contribution in [0.5, 0.6) is 11.5 Å². The number of quaternary nitrogens is 1. The predicted molar refractivity (Wildman–Crippen MR) is 104 cm³/mol. The molecule has 0 saturated heterocycles. The molecule has 6 heteroatoms. The van der Waals surface area contributed by atoms with Crippen LogP contribution in [0.1, 0.15) is 19.4 Å². The quantitative estimate of drug-likeness (QED) is 0.743. The van der Waals surface area contributed by atoms with Crippen molar-refractivity contribution in [1.82, 2.24) is 0 Å². The number of benzene rings is 2. The lowest BCUT2D eigenvalue weighted by Gasteiger charge is -2.21. The van der Waals surface area contributed by atoms with Gasteiger partial charge in [0.05, 0.1) is 20.8 Å². The molecule has 2 atom stereocenters. The molecule has 5 nitrogen and oxygen atoms in total. The zero-order valence-corrected chi connectivity index (χ0v) is 16.4. The Balaban J connectivity index is 2.01. The van der Waals surface area contributed by atoms with Crippen molar-refractivity contribution in [2.45, 2.75) is 26.4 Å². The van der Waals surface area contributed by atoms with Gasteiger partial charge in [-0.2, -0.15) is 0 Å². The predicted octanol–water partition coefficient (Wildman–Crippen LogP) is 2.79. The van der Waals surface area contributed by atoms with Gasteiger partial charge in [0.2, 0.25) is 0 Å². The lowest BCUT2D eigenvalue weighted by Crippen LogP contribution is -3.12. The Labute approximate surface area is 159 Å². The van der Waals surface area contributed by atoms with Crippen molar-refractivity contribution < 1.29 is 19.2 Å². The summed E-state index contributed by atoms with van der Waals surface area (Å²) < 4.78 is 10.9. The molecule has 0 aliphatic carbocycles. The van der Waals surface area contributed by atoms with Gasteiger partial charge in [-0.05, 0) is 50.2 Å². The molecule has 0 aromatic heterocycles. The first-order valence-corrected chi connectivity index (χ1v) is 9.00. The number of nitrogens with one attached hydrogen (secondary N) is 2. The third-order valence-corrected chi connectivity index (χ3v) is 4.47. The van der Waals surface area contributed by atoms with Crippen LogP contribution >= 0.6 is 11.6 Å². The van der Waals surface area contributed by atoms with Crippen LogP contribution in [0.3, 0.4) is 0 Å². The van der Waals surface area contributed by atoms with E-state index >= 15 is 0 Å². The van der Waals surface area contributed by atoms with Crippen molar-refractivity contribution in [2.24, 2.45) is 0 Å². The monoisotopic (exact) mass is 377 g/mol. The number of amides is 1. The van der Waals surface area contributed by atoms with Crippen LogP contribution in [0.4, 0.5) is 5.69 Å². The molecule has 0 bridgehead atoms. The van der Waals surface area contributed by atoms with Gasteiger partial charge >= 0.3 is 0 Å². The molecule has 2 aromatic rings. The first-order valence-electron chi connectivity index (χ1n) is 8.63. The SMILES string of the molecule is CCOc1ccc(C[NH+](C)[C@H](C)C(=O)Nc2cccc(Cl)c2)cc1OC. The minimum absolute atomic E-state index is 0.0531. The Morgan fingerprint density at radius 1 is 1.23 bits per heavy atom. The highest BCUT2D eigenvalue weighted by Crippen LogP contribution is 2.27. The average Bonchev–Trinajstić information content (AvgIpc) is 2.62. The number of hydrogen-bond acceptors (Lipinski definition) is 3. The van der Waals surface area contributed by atoms with E-state index in [0.717, 1.165) is 16.2 Å². The first kappa shape index (κ1) is 20.1. The molecule has 0 spiro atoms. The third kappa shape index (κ3) is 5.38. The summed E-state index contributed by atoms with van der Waals surface area (Å²) in [6.07, 6.45) is 0. The zero-order chi connectivity index (χ0) is 19.1. The van der Waals surface area contributed by atoms with E-state index in [1.165, 1.54) is 0 Å². The highest BCUT2D eigenvalue weighted by molar-refractivity contribution is 6.30. The van der Waals surface area contributed by atoms with Crippen LogP contribution in [0.2, 0.25) is 5.02 Å². The fourth-order valence-electron chi connectivity index (χ4n) is 2.61. The number of likely N-dealkylation sites (N-methyl/N-ethyl adjacent to an activating group) is 1. The summed E-state index contributed by atoms with van der Waals surface area (Å²) >= 11 is 5.96. The fourth-order valence-corrected chi connectivity index (χ4v) is 2.80. The van der Waals surface area contributed by atoms with Gasteiger partial charge in [0.25, 0.3) is 5.91 Å². The van der Waals surface area contributed by atoms with Crippen molar-refractivity contribution >= 4 is 23.2 Å². The molecule has 0 aliphatic rings. The van der Waals surface area contributed by atoms with E-state index in [2.05, 4.69) is 5.32 Å². The van der Waals surface area contributed by atoms with Crippen molar-refractivity contribution in [3.63, 3.8) is 0 Å². The summed E-state index contributed by atoms with van der Waals surface area (Å²) in [5, 5.41) is 3.50. The summed E-state index contributed by atoms with van der Waals surface area (Å²) in [5.41, 5.74) is 1.77. The average molecular weight is 378 g/mol. The molecule has 26 heavy (non-hydrogen) atoms. The van der Waals surface area contributed by atoms with Crippen LogP contribution in [-0.2, 0) is 11.3 Å². The van der Waals surface area contributed by atoms with Crippen LogP contribution in [0.25, 0.3) is 0 Å². The minimum atomic E-state index is -0.230. The third-order valence-electron chi connectivity index (χ3n) is 4.24. The number of rotatable bonds is 8. The number of hydrogen-bond donors (Lipinski definition) is 2. The van der Waals surface area contributed by atoms with Crippen LogP contribution in [0, 0.1) is 0 Å². The Kier molecular flexibility index (Phi) is 7.30. The molecule has 2 N–H and O–H groups in total. The van der Waals surface area contributed by atoms with Crippen molar-refractivity contribution in [2.75, 3.05) is 26.1 Å². The van der Waals surface area contributed by atoms with E-state index in [9.17, 15) is 4.79 Å². The number of ether oxygens (including phenoxy) is 2. The van der Waals surface area contributed by atoms with Crippen LogP contribution < -0.4 is 19.7 Å². The van der Waals surface area contributed by atoms with Crippen molar-refractivity contribution in [3.8, 4) is 11.5 Å². The number of methoxy groups -OCH3 is 1. The van der Waals surface area contributed by atoms with Gasteiger partial charge in [0.1, 0.15) is 6.54 Å². The summed E-state index contributed by atoms with van der Waals surface area (Å²) in [6, 6.07) is 12.8. The lowest BCUT2D eigenvalue weighted by atomic mass is 10.1.